The van der Waals surface area contributed by atoms with E-state index in [4.69, 9.17) is 9.72 Å². The predicted octanol–water partition coefficient (Wildman–Crippen LogP) is 3.86. The van der Waals surface area contributed by atoms with Gasteiger partial charge in [-0.25, -0.2) is 4.98 Å². The number of aromatic nitrogens is 1. The quantitative estimate of drug-likeness (QED) is 0.521. The molecule has 3 aromatic rings. The Hall–Kier alpha value is -2.74. The van der Waals surface area contributed by atoms with Crippen molar-refractivity contribution in [2.45, 2.75) is 19.4 Å². The highest BCUT2D eigenvalue weighted by Gasteiger charge is 2.22. The van der Waals surface area contributed by atoms with E-state index in [-0.39, 0.29) is 18.4 Å². The molecule has 0 spiro atoms. The minimum Gasteiger partial charge on any atom is -0.493 e. The van der Waals surface area contributed by atoms with Gasteiger partial charge in [0.15, 0.2) is 0 Å². The van der Waals surface area contributed by atoms with Crippen molar-refractivity contribution < 1.29 is 9.53 Å². The lowest BCUT2D eigenvalue weighted by Gasteiger charge is -2.35. The monoisotopic (exact) mass is 464 g/mol. The van der Waals surface area contributed by atoms with E-state index >= 15 is 0 Å². The largest absolute Gasteiger partial charge is 0.493 e. The van der Waals surface area contributed by atoms with Gasteiger partial charge in [0.1, 0.15) is 10.8 Å². The molecule has 0 bridgehead atoms. The molecule has 6 nitrogen and oxygen atoms in total. The van der Waals surface area contributed by atoms with Gasteiger partial charge in [0.2, 0.25) is 5.91 Å². The molecule has 2 aromatic carbocycles. The van der Waals surface area contributed by atoms with Crippen LogP contribution >= 0.6 is 11.3 Å². The second-order valence-electron chi connectivity index (χ2n) is 8.38. The predicted molar refractivity (Wildman–Crippen MR) is 134 cm³/mol. The summed E-state index contributed by atoms with van der Waals surface area (Å²) in [5.74, 6) is 0.814. The van der Waals surface area contributed by atoms with Gasteiger partial charge in [-0.05, 0) is 31.7 Å². The van der Waals surface area contributed by atoms with Crippen LogP contribution in [0.2, 0.25) is 0 Å². The molecular formula is C26H32N4O2S. The smallest absolute Gasteiger partial charge is 0.226 e. The molecule has 1 aromatic heterocycles. The zero-order valence-electron chi connectivity index (χ0n) is 19.4. The first-order chi connectivity index (χ1) is 16.1. The van der Waals surface area contributed by atoms with Gasteiger partial charge >= 0.3 is 0 Å². The first-order valence-electron chi connectivity index (χ1n) is 11.5. The fourth-order valence-electron chi connectivity index (χ4n) is 4.05. The molecule has 1 aliphatic rings. The highest BCUT2D eigenvalue weighted by atomic mass is 32.1. The Morgan fingerprint density at radius 2 is 1.82 bits per heavy atom. The van der Waals surface area contributed by atoms with E-state index in [1.54, 1.807) is 11.3 Å². The van der Waals surface area contributed by atoms with Crippen molar-refractivity contribution in [3.63, 3.8) is 0 Å². The van der Waals surface area contributed by atoms with Gasteiger partial charge in [0.25, 0.3) is 0 Å². The van der Waals surface area contributed by atoms with Crippen LogP contribution in [0, 0.1) is 0 Å². The Morgan fingerprint density at radius 1 is 1.09 bits per heavy atom. The maximum Gasteiger partial charge on any atom is 0.226 e. The first kappa shape index (κ1) is 23.4. The number of carbonyl (C=O) groups is 1. The minimum atomic E-state index is -0.0427. The van der Waals surface area contributed by atoms with Crippen LogP contribution in [0.15, 0.2) is 60.0 Å². The molecule has 1 aliphatic heterocycles. The molecule has 0 aliphatic carbocycles. The standard InChI is InChI=1S/C26H32N4O2S/c1-3-32-24-12-8-7-11-22(24)26-27-21(19-33-26)17-25(31)28-23(20-9-5-4-6-10-20)18-30-15-13-29(2)14-16-30/h4-12,19,23H,3,13-18H2,1-2H3,(H,28,31). The maximum absolute atomic E-state index is 13.0. The summed E-state index contributed by atoms with van der Waals surface area (Å²) in [5.41, 5.74) is 2.88. The number of likely N-dealkylation sites (N-methyl/N-ethyl adjacent to an activating group) is 1. The lowest BCUT2D eigenvalue weighted by Crippen LogP contribution is -2.48. The zero-order valence-corrected chi connectivity index (χ0v) is 20.2. The molecule has 1 amide bonds. The number of thiazole rings is 1. The van der Waals surface area contributed by atoms with Crippen LogP contribution in [0.25, 0.3) is 10.6 Å². The Kier molecular flexibility index (Phi) is 8.10. The number of benzene rings is 2. The summed E-state index contributed by atoms with van der Waals surface area (Å²) in [6.45, 7) is 7.54. The van der Waals surface area contributed by atoms with Gasteiger partial charge in [-0.3, -0.25) is 9.69 Å². The number of piperazine rings is 1. The summed E-state index contributed by atoms with van der Waals surface area (Å²) in [6.07, 6.45) is 0.263. The molecule has 1 unspecified atom stereocenters. The third kappa shape index (κ3) is 6.41. The van der Waals surface area contributed by atoms with Crippen LogP contribution in [0.5, 0.6) is 5.75 Å². The van der Waals surface area contributed by atoms with E-state index in [2.05, 4.69) is 34.3 Å². The van der Waals surface area contributed by atoms with Crippen molar-refractivity contribution in [3.8, 4) is 16.3 Å². The third-order valence-electron chi connectivity index (χ3n) is 5.88. The second kappa shape index (κ2) is 11.4. The number of nitrogens with zero attached hydrogens (tertiary/aromatic N) is 3. The van der Waals surface area contributed by atoms with Crippen molar-refractivity contribution in [1.29, 1.82) is 0 Å². The molecule has 0 radical (unpaired) electrons. The van der Waals surface area contributed by atoms with E-state index in [1.165, 1.54) is 0 Å². The Bertz CT molecular complexity index is 1030. The van der Waals surface area contributed by atoms with Crippen LogP contribution < -0.4 is 10.1 Å². The van der Waals surface area contributed by atoms with Crippen molar-refractivity contribution in [1.82, 2.24) is 20.1 Å². The van der Waals surface area contributed by atoms with Gasteiger partial charge in [-0.2, -0.15) is 0 Å². The maximum atomic E-state index is 13.0. The molecule has 1 atom stereocenters. The Balaban J connectivity index is 1.43. The molecule has 1 saturated heterocycles. The first-order valence-corrected chi connectivity index (χ1v) is 12.4. The van der Waals surface area contributed by atoms with Gasteiger partial charge in [0, 0.05) is 38.1 Å². The Morgan fingerprint density at radius 3 is 2.58 bits per heavy atom. The van der Waals surface area contributed by atoms with Crippen molar-refractivity contribution in [2.75, 3.05) is 46.4 Å². The number of amides is 1. The molecule has 4 rings (SSSR count). The number of carbonyl (C=O) groups excluding carboxylic acids is 1. The fourth-order valence-corrected chi connectivity index (χ4v) is 4.90. The summed E-state index contributed by atoms with van der Waals surface area (Å²) >= 11 is 1.54. The highest BCUT2D eigenvalue weighted by molar-refractivity contribution is 7.13. The lowest BCUT2D eigenvalue weighted by atomic mass is 10.1. The molecule has 0 saturated carbocycles. The van der Waals surface area contributed by atoms with Crippen molar-refractivity contribution >= 4 is 17.2 Å². The number of hydrogen-bond acceptors (Lipinski definition) is 6. The minimum absolute atomic E-state index is 0.00655. The normalized spacial score (nSPS) is 15.8. The summed E-state index contributed by atoms with van der Waals surface area (Å²) < 4.78 is 5.74. The fraction of sp³-hybridized carbons (Fsp3) is 0.385. The average molecular weight is 465 g/mol. The van der Waals surface area contributed by atoms with E-state index < -0.39 is 0 Å². The summed E-state index contributed by atoms with van der Waals surface area (Å²) in [4.78, 5) is 22.5. The number of ether oxygens (including phenoxy) is 1. The van der Waals surface area contributed by atoms with Crippen LogP contribution in [0.3, 0.4) is 0 Å². The van der Waals surface area contributed by atoms with Gasteiger partial charge < -0.3 is 15.0 Å². The topological polar surface area (TPSA) is 57.7 Å². The SMILES string of the molecule is CCOc1ccccc1-c1nc(CC(=O)NC(CN2CCN(C)CC2)c2ccccc2)cs1. The van der Waals surface area contributed by atoms with Crippen LogP contribution in [0.1, 0.15) is 24.2 Å². The molecule has 7 heteroatoms. The number of hydrogen-bond donors (Lipinski definition) is 1. The molecule has 174 valence electrons. The van der Waals surface area contributed by atoms with Crippen LogP contribution in [-0.4, -0.2) is 67.1 Å². The Labute approximate surface area is 200 Å². The van der Waals surface area contributed by atoms with Gasteiger partial charge in [0.05, 0.1) is 30.3 Å². The van der Waals surface area contributed by atoms with Crippen molar-refractivity contribution in [2.24, 2.45) is 0 Å². The average Bonchev–Trinajstić information content (AvgIpc) is 3.29. The van der Waals surface area contributed by atoms with E-state index in [1.807, 2.05) is 54.8 Å². The number of rotatable bonds is 9. The third-order valence-corrected chi connectivity index (χ3v) is 6.81. The second-order valence-corrected chi connectivity index (χ2v) is 9.24. The summed E-state index contributed by atoms with van der Waals surface area (Å²) in [7, 11) is 2.16. The van der Waals surface area contributed by atoms with Gasteiger partial charge in [-0.1, -0.05) is 42.5 Å². The zero-order chi connectivity index (χ0) is 23.0. The molecule has 1 fully saturated rings. The highest BCUT2D eigenvalue weighted by Crippen LogP contribution is 2.32. The van der Waals surface area contributed by atoms with E-state index in [0.717, 1.165) is 60.3 Å². The van der Waals surface area contributed by atoms with E-state index in [9.17, 15) is 4.79 Å². The van der Waals surface area contributed by atoms with Crippen LogP contribution in [-0.2, 0) is 11.2 Å². The summed E-state index contributed by atoms with van der Waals surface area (Å²) in [5, 5.41) is 6.11. The van der Waals surface area contributed by atoms with Crippen LogP contribution in [0.4, 0.5) is 0 Å². The molecule has 2 heterocycles. The molecule has 1 N–H and O–H groups in total. The molecule has 33 heavy (non-hydrogen) atoms. The molecular weight excluding hydrogens is 432 g/mol. The summed E-state index contributed by atoms with van der Waals surface area (Å²) in [6, 6.07) is 18.1. The van der Waals surface area contributed by atoms with E-state index in [0.29, 0.717) is 6.61 Å². The van der Waals surface area contributed by atoms with Gasteiger partial charge in [-0.15, -0.1) is 11.3 Å². The lowest BCUT2D eigenvalue weighted by molar-refractivity contribution is -0.121. The number of para-hydroxylation sites is 1. The number of nitrogens with one attached hydrogen (secondary N) is 1. The van der Waals surface area contributed by atoms with Crippen molar-refractivity contribution in [3.05, 3.63) is 71.2 Å².